The van der Waals surface area contributed by atoms with Gasteiger partial charge < -0.3 is 0 Å². The monoisotopic (exact) mass is 225 g/mol. The molecule has 0 aliphatic carbocycles. The van der Waals surface area contributed by atoms with Gasteiger partial charge >= 0.3 is 6.30 Å². The lowest BCUT2D eigenvalue weighted by Gasteiger charge is -2.10. The molecule has 0 heterocycles. The van der Waals surface area contributed by atoms with Crippen LogP contribution in [0.25, 0.3) is 0 Å². The number of hydrogen-bond acceptors (Lipinski definition) is 1. The van der Waals surface area contributed by atoms with E-state index in [0.29, 0.717) is 5.56 Å². The Bertz CT molecular complexity index is 335. The molecule has 0 unspecified atom stereocenters. The summed E-state index contributed by atoms with van der Waals surface area (Å²) in [7, 11) is 0. The van der Waals surface area contributed by atoms with E-state index in [2.05, 4.69) is 0 Å². The lowest BCUT2D eigenvalue weighted by atomic mass is 10.1. The van der Waals surface area contributed by atoms with E-state index in [-0.39, 0.29) is 0 Å². The molecule has 0 radical (unpaired) electrons. The van der Waals surface area contributed by atoms with Crippen molar-refractivity contribution in [3.8, 4) is 0 Å². The van der Waals surface area contributed by atoms with Gasteiger partial charge in [-0.2, -0.15) is 13.2 Å². The summed E-state index contributed by atoms with van der Waals surface area (Å²) in [6.45, 7) is 0.536. The molecule has 1 rings (SSSR count). The average molecular weight is 225 g/mol. The molecule has 1 aromatic rings. The fourth-order valence-electron chi connectivity index (χ4n) is 1.09. The summed E-state index contributed by atoms with van der Waals surface area (Å²) in [5, 5.41) is 1.06. The minimum Gasteiger partial charge on any atom is -0.224 e. The summed E-state index contributed by atoms with van der Waals surface area (Å²) in [6, 6.07) is 1.97. The summed E-state index contributed by atoms with van der Waals surface area (Å²) >= 11 is 0. The maximum absolute atomic E-state index is 13.0. The van der Waals surface area contributed by atoms with E-state index in [1.807, 2.05) is 0 Å². The molecule has 1 nitrogen and oxygen atoms in total. The van der Waals surface area contributed by atoms with Crippen LogP contribution < -0.4 is 5.32 Å². The Balaban J connectivity index is 2.86. The van der Waals surface area contributed by atoms with E-state index in [1.165, 1.54) is 6.92 Å². The van der Waals surface area contributed by atoms with Gasteiger partial charge in [0, 0.05) is 12.1 Å². The van der Waals surface area contributed by atoms with E-state index in [0.717, 1.165) is 17.4 Å². The fourth-order valence-corrected chi connectivity index (χ4v) is 1.09. The van der Waals surface area contributed by atoms with Gasteiger partial charge in [-0.25, -0.2) is 14.1 Å². The molecule has 0 amide bonds. The van der Waals surface area contributed by atoms with Gasteiger partial charge in [-0.3, -0.25) is 0 Å². The van der Waals surface area contributed by atoms with Gasteiger partial charge in [0.1, 0.15) is 11.6 Å². The van der Waals surface area contributed by atoms with Crippen molar-refractivity contribution in [2.45, 2.75) is 19.8 Å². The third-order valence-corrected chi connectivity index (χ3v) is 1.75. The van der Waals surface area contributed by atoms with Crippen LogP contribution in [0.4, 0.5) is 22.0 Å². The zero-order valence-corrected chi connectivity index (χ0v) is 7.75. The molecule has 1 aromatic carbocycles. The number of hydrogen-bond donors (Lipinski definition) is 1. The number of halogens is 5. The molecule has 0 saturated carbocycles. The largest absolute Gasteiger partial charge is 0.457 e. The van der Waals surface area contributed by atoms with Crippen LogP contribution in [-0.4, -0.2) is 6.30 Å². The van der Waals surface area contributed by atoms with Crippen LogP contribution in [-0.2, 0) is 6.54 Å². The van der Waals surface area contributed by atoms with Crippen LogP contribution >= 0.6 is 0 Å². The molecule has 0 aliphatic rings. The summed E-state index contributed by atoms with van der Waals surface area (Å²) in [5.41, 5.74) is -0.293. The highest BCUT2D eigenvalue weighted by molar-refractivity contribution is 5.25. The number of aryl methyl sites for hydroxylation is 1. The van der Waals surface area contributed by atoms with Crippen LogP contribution in [0.2, 0.25) is 0 Å². The second kappa shape index (κ2) is 4.14. The number of alkyl halides is 3. The molecule has 0 aliphatic heterocycles. The number of rotatable bonds is 2. The third-order valence-electron chi connectivity index (χ3n) is 1.75. The van der Waals surface area contributed by atoms with Crippen LogP contribution in [0.1, 0.15) is 11.1 Å². The van der Waals surface area contributed by atoms with E-state index in [9.17, 15) is 22.0 Å². The highest BCUT2D eigenvalue weighted by atomic mass is 19.4. The molecule has 6 heteroatoms. The normalized spacial score (nSPS) is 11.9. The number of benzene rings is 1. The molecular formula is C9H8F5N. The van der Waals surface area contributed by atoms with Crippen molar-refractivity contribution < 1.29 is 22.0 Å². The Kier molecular flexibility index (Phi) is 3.28. The molecule has 0 fully saturated rings. The van der Waals surface area contributed by atoms with Crippen LogP contribution in [0, 0.1) is 18.6 Å². The summed E-state index contributed by atoms with van der Waals surface area (Å²) < 4.78 is 61.3. The van der Waals surface area contributed by atoms with Gasteiger partial charge in [0.05, 0.1) is 0 Å². The molecule has 0 atom stereocenters. The minimum atomic E-state index is -4.65. The maximum atomic E-state index is 13.0. The molecule has 0 aromatic heterocycles. The van der Waals surface area contributed by atoms with Gasteiger partial charge in [-0.05, 0) is 24.6 Å². The SMILES string of the molecule is Cc1cc(F)c(CNC(F)(F)F)c(F)c1. The van der Waals surface area contributed by atoms with E-state index in [1.54, 1.807) is 0 Å². The lowest BCUT2D eigenvalue weighted by Crippen LogP contribution is -2.31. The summed E-state index contributed by atoms with van der Waals surface area (Å²) in [4.78, 5) is 0. The van der Waals surface area contributed by atoms with E-state index >= 15 is 0 Å². The first-order chi connectivity index (χ1) is 6.79. The molecule has 0 saturated heterocycles. The Morgan fingerprint density at radius 2 is 1.60 bits per heavy atom. The fraction of sp³-hybridized carbons (Fsp3) is 0.333. The molecular weight excluding hydrogens is 217 g/mol. The Morgan fingerprint density at radius 3 is 2.00 bits per heavy atom. The molecule has 15 heavy (non-hydrogen) atoms. The van der Waals surface area contributed by atoms with Gasteiger partial charge in [0.25, 0.3) is 0 Å². The summed E-state index contributed by atoms with van der Waals surface area (Å²) in [6.07, 6.45) is -4.65. The second-order valence-corrected chi connectivity index (χ2v) is 3.06. The zero-order chi connectivity index (χ0) is 11.6. The topological polar surface area (TPSA) is 12.0 Å². The first-order valence-electron chi connectivity index (χ1n) is 4.06. The first kappa shape index (κ1) is 11.9. The quantitative estimate of drug-likeness (QED) is 0.602. The Hall–Kier alpha value is -1.17. The molecule has 1 N–H and O–H groups in total. The molecule has 84 valence electrons. The predicted molar refractivity (Wildman–Crippen MR) is 44.0 cm³/mol. The van der Waals surface area contributed by atoms with Crippen molar-refractivity contribution >= 4 is 0 Å². The molecule has 0 bridgehead atoms. The highest BCUT2D eigenvalue weighted by Crippen LogP contribution is 2.17. The van der Waals surface area contributed by atoms with Crippen LogP contribution in [0.3, 0.4) is 0 Å². The van der Waals surface area contributed by atoms with E-state index in [4.69, 9.17) is 0 Å². The first-order valence-corrected chi connectivity index (χ1v) is 4.06. The smallest absolute Gasteiger partial charge is 0.224 e. The van der Waals surface area contributed by atoms with Crippen molar-refractivity contribution in [1.29, 1.82) is 0 Å². The van der Waals surface area contributed by atoms with Gasteiger partial charge in [-0.1, -0.05) is 0 Å². The second-order valence-electron chi connectivity index (χ2n) is 3.06. The molecule has 0 spiro atoms. The highest BCUT2D eigenvalue weighted by Gasteiger charge is 2.27. The van der Waals surface area contributed by atoms with E-state index < -0.39 is 30.0 Å². The van der Waals surface area contributed by atoms with Crippen LogP contribution in [0.5, 0.6) is 0 Å². The van der Waals surface area contributed by atoms with Gasteiger partial charge in [0.15, 0.2) is 0 Å². The average Bonchev–Trinajstić information content (AvgIpc) is 1.99. The third kappa shape index (κ3) is 3.47. The summed E-state index contributed by atoms with van der Waals surface area (Å²) in [5.74, 6) is -1.96. The van der Waals surface area contributed by atoms with Gasteiger partial charge in [0.2, 0.25) is 0 Å². The lowest BCUT2D eigenvalue weighted by molar-refractivity contribution is -0.158. The standard InChI is InChI=1S/C9H8F5N/c1-5-2-7(10)6(8(11)3-5)4-15-9(12,13)14/h2-3,15H,4H2,1H3. The maximum Gasteiger partial charge on any atom is 0.457 e. The number of nitrogens with one attached hydrogen (secondary N) is 1. The van der Waals surface area contributed by atoms with Gasteiger partial charge in [-0.15, -0.1) is 0 Å². The van der Waals surface area contributed by atoms with Crippen molar-refractivity contribution in [2.24, 2.45) is 0 Å². The zero-order valence-electron chi connectivity index (χ0n) is 7.75. The minimum absolute atomic E-state index is 0.320. The van der Waals surface area contributed by atoms with Crippen molar-refractivity contribution in [3.05, 3.63) is 34.9 Å². The van der Waals surface area contributed by atoms with Crippen molar-refractivity contribution in [1.82, 2.24) is 5.32 Å². The van der Waals surface area contributed by atoms with Crippen LogP contribution in [0.15, 0.2) is 12.1 Å². The Labute approximate surface area is 82.9 Å². The predicted octanol–water partition coefficient (Wildman–Crippen LogP) is 2.88. The van der Waals surface area contributed by atoms with Crippen molar-refractivity contribution in [3.63, 3.8) is 0 Å². The Morgan fingerprint density at radius 1 is 1.13 bits per heavy atom. The van der Waals surface area contributed by atoms with Crippen molar-refractivity contribution in [2.75, 3.05) is 0 Å².